The Morgan fingerprint density at radius 2 is 2.10 bits per heavy atom. The summed E-state index contributed by atoms with van der Waals surface area (Å²) >= 11 is 6.32. The minimum Gasteiger partial charge on any atom is -0.493 e. The van der Waals surface area contributed by atoms with Gasteiger partial charge >= 0.3 is 0 Å². The lowest BCUT2D eigenvalue weighted by molar-refractivity contribution is 0.131. The summed E-state index contributed by atoms with van der Waals surface area (Å²) < 4.78 is 10.5. The van der Waals surface area contributed by atoms with E-state index in [9.17, 15) is 5.11 Å². The van der Waals surface area contributed by atoms with E-state index in [2.05, 4.69) is 5.32 Å². The van der Waals surface area contributed by atoms with Crippen molar-refractivity contribution in [2.75, 3.05) is 20.8 Å². The summed E-state index contributed by atoms with van der Waals surface area (Å²) in [5.74, 6) is 1.55. The number of methoxy groups -OCH3 is 2. The molecule has 1 aromatic rings. The number of hydrogen-bond acceptors (Lipinski definition) is 4. The van der Waals surface area contributed by atoms with E-state index in [0.717, 1.165) is 31.4 Å². The van der Waals surface area contributed by atoms with Crippen molar-refractivity contribution in [2.45, 2.75) is 31.9 Å². The zero-order valence-electron chi connectivity index (χ0n) is 12.0. The lowest BCUT2D eigenvalue weighted by atomic mass is 10.1. The van der Waals surface area contributed by atoms with Crippen LogP contribution in [0.15, 0.2) is 12.1 Å². The minimum atomic E-state index is -0.164. The highest BCUT2D eigenvalue weighted by Gasteiger charge is 2.24. The fourth-order valence-electron chi connectivity index (χ4n) is 2.71. The van der Waals surface area contributed by atoms with Crippen LogP contribution in [-0.2, 0) is 6.54 Å². The maximum absolute atomic E-state index is 9.79. The monoisotopic (exact) mass is 299 g/mol. The molecule has 20 heavy (non-hydrogen) atoms. The van der Waals surface area contributed by atoms with Gasteiger partial charge < -0.3 is 19.9 Å². The van der Waals surface area contributed by atoms with E-state index in [1.165, 1.54) is 0 Å². The van der Waals surface area contributed by atoms with Crippen molar-refractivity contribution in [3.05, 3.63) is 22.7 Å². The summed E-state index contributed by atoms with van der Waals surface area (Å²) in [5.41, 5.74) is 0.969. The zero-order chi connectivity index (χ0) is 14.5. The summed E-state index contributed by atoms with van der Waals surface area (Å²) in [6, 6.07) is 3.79. The van der Waals surface area contributed by atoms with Gasteiger partial charge in [-0.25, -0.2) is 0 Å². The smallest absolute Gasteiger partial charge is 0.179 e. The van der Waals surface area contributed by atoms with Gasteiger partial charge in [0.05, 0.1) is 25.3 Å². The predicted molar refractivity (Wildman–Crippen MR) is 79.6 cm³/mol. The molecule has 1 fully saturated rings. The predicted octanol–water partition coefficient (Wildman–Crippen LogP) is 2.61. The summed E-state index contributed by atoms with van der Waals surface area (Å²) in [4.78, 5) is 0. The largest absolute Gasteiger partial charge is 0.493 e. The lowest BCUT2D eigenvalue weighted by Gasteiger charge is -2.16. The number of ether oxygens (including phenoxy) is 2. The third kappa shape index (κ3) is 3.37. The number of nitrogens with one attached hydrogen (secondary N) is 1. The first-order valence-electron chi connectivity index (χ1n) is 6.95. The molecule has 0 radical (unpaired) electrons. The van der Waals surface area contributed by atoms with Crippen molar-refractivity contribution >= 4 is 11.6 Å². The molecule has 0 heterocycles. The van der Waals surface area contributed by atoms with Crippen LogP contribution in [-0.4, -0.2) is 32.0 Å². The molecule has 1 saturated carbocycles. The van der Waals surface area contributed by atoms with Crippen LogP contribution in [0.25, 0.3) is 0 Å². The fraction of sp³-hybridized carbons (Fsp3) is 0.600. The first kappa shape index (κ1) is 15.4. The van der Waals surface area contributed by atoms with Gasteiger partial charge in [0, 0.05) is 13.1 Å². The molecule has 112 valence electrons. The summed E-state index contributed by atoms with van der Waals surface area (Å²) in [6.07, 6.45) is 2.96. The van der Waals surface area contributed by atoms with E-state index >= 15 is 0 Å². The Hall–Kier alpha value is -0.970. The molecule has 2 atom stereocenters. The second-order valence-electron chi connectivity index (χ2n) is 5.16. The molecule has 0 aromatic heterocycles. The van der Waals surface area contributed by atoms with Crippen LogP contribution in [0.3, 0.4) is 0 Å². The van der Waals surface area contributed by atoms with Gasteiger partial charge in [-0.05, 0) is 30.4 Å². The molecule has 2 rings (SSSR count). The van der Waals surface area contributed by atoms with Crippen molar-refractivity contribution in [3.63, 3.8) is 0 Å². The number of rotatable bonds is 6. The van der Waals surface area contributed by atoms with E-state index in [4.69, 9.17) is 21.1 Å². The average molecular weight is 300 g/mol. The van der Waals surface area contributed by atoms with E-state index in [-0.39, 0.29) is 6.10 Å². The highest BCUT2D eigenvalue weighted by Crippen LogP contribution is 2.37. The Balaban J connectivity index is 1.96. The van der Waals surface area contributed by atoms with E-state index in [0.29, 0.717) is 29.0 Å². The van der Waals surface area contributed by atoms with Gasteiger partial charge in [-0.3, -0.25) is 0 Å². The minimum absolute atomic E-state index is 0.164. The van der Waals surface area contributed by atoms with Crippen molar-refractivity contribution in [1.82, 2.24) is 5.32 Å². The molecule has 4 nitrogen and oxygen atoms in total. The maximum Gasteiger partial charge on any atom is 0.179 e. The van der Waals surface area contributed by atoms with Gasteiger partial charge in [0.15, 0.2) is 11.5 Å². The molecule has 1 aliphatic rings. The highest BCUT2D eigenvalue weighted by atomic mass is 35.5. The third-order valence-electron chi connectivity index (χ3n) is 3.91. The molecule has 0 amide bonds. The SMILES string of the molecule is COc1ccc(CNCC2CCCC2O)c(Cl)c1OC. The molecule has 0 saturated heterocycles. The molecule has 0 spiro atoms. The van der Waals surface area contributed by atoms with Crippen LogP contribution in [0, 0.1) is 5.92 Å². The van der Waals surface area contributed by atoms with Crippen molar-refractivity contribution in [1.29, 1.82) is 0 Å². The first-order chi connectivity index (χ1) is 9.67. The van der Waals surface area contributed by atoms with E-state index in [1.54, 1.807) is 14.2 Å². The molecule has 1 aliphatic carbocycles. The third-order valence-corrected chi connectivity index (χ3v) is 4.32. The molecule has 2 unspecified atom stereocenters. The average Bonchev–Trinajstić information content (AvgIpc) is 2.86. The lowest BCUT2D eigenvalue weighted by Crippen LogP contribution is -2.27. The Labute approximate surface area is 125 Å². The van der Waals surface area contributed by atoms with Gasteiger partial charge in [-0.1, -0.05) is 24.1 Å². The zero-order valence-corrected chi connectivity index (χ0v) is 12.7. The molecule has 5 heteroatoms. The van der Waals surface area contributed by atoms with Crippen LogP contribution in [0.2, 0.25) is 5.02 Å². The number of aliphatic hydroxyl groups excluding tert-OH is 1. The van der Waals surface area contributed by atoms with Crippen LogP contribution < -0.4 is 14.8 Å². The van der Waals surface area contributed by atoms with Gasteiger partial charge in [0.25, 0.3) is 0 Å². The van der Waals surface area contributed by atoms with Gasteiger partial charge in [0.1, 0.15) is 0 Å². The Bertz CT molecular complexity index is 453. The van der Waals surface area contributed by atoms with Crippen molar-refractivity contribution in [3.8, 4) is 11.5 Å². The molecule has 1 aromatic carbocycles. The number of halogens is 1. The van der Waals surface area contributed by atoms with Crippen LogP contribution in [0.1, 0.15) is 24.8 Å². The fourth-order valence-corrected chi connectivity index (χ4v) is 3.01. The number of aliphatic hydroxyl groups is 1. The standard InChI is InChI=1S/C15H22ClNO3/c1-19-13-7-6-11(14(16)15(13)20-2)9-17-8-10-4-3-5-12(10)18/h6-7,10,12,17-18H,3-5,8-9H2,1-2H3. The molecular weight excluding hydrogens is 278 g/mol. The number of hydrogen-bond donors (Lipinski definition) is 2. The van der Waals surface area contributed by atoms with E-state index in [1.807, 2.05) is 12.1 Å². The summed E-state index contributed by atoms with van der Waals surface area (Å²) in [7, 11) is 3.17. The second kappa shape index (κ2) is 7.16. The van der Waals surface area contributed by atoms with Gasteiger partial charge in [-0.2, -0.15) is 0 Å². The van der Waals surface area contributed by atoms with Crippen molar-refractivity contribution in [2.24, 2.45) is 5.92 Å². The molecular formula is C15H22ClNO3. The van der Waals surface area contributed by atoms with Crippen LogP contribution in [0.5, 0.6) is 11.5 Å². The normalized spacial score (nSPS) is 22.0. The molecule has 0 aliphatic heterocycles. The van der Waals surface area contributed by atoms with Crippen LogP contribution >= 0.6 is 11.6 Å². The van der Waals surface area contributed by atoms with Gasteiger partial charge in [0.2, 0.25) is 0 Å². The molecule has 0 bridgehead atoms. The molecule has 2 N–H and O–H groups in total. The number of benzene rings is 1. The maximum atomic E-state index is 9.79. The quantitative estimate of drug-likeness (QED) is 0.848. The Morgan fingerprint density at radius 3 is 2.70 bits per heavy atom. The van der Waals surface area contributed by atoms with Crippen molar-refractivity contribution < 1.29 is 14.6 Å². The van der Waals surface area contributed by atoms with Gasteiger partial charge in [-0.15, -0.1) is 0 Å². The Morgan fingerprint density at radius 1 is 1.30 bits per heavy atom. The van der Waals surface area contributed by atoms with Crippen LogP contribution in [0.4, 0.5) is 0 Å². The summed E-state index contributed by atoms with van der Waals surface area (Å²) in [6.45, 7) is 1.47. The Kier molecular flexibility index (Phi) is 5.52. The first-order valence-corrected chi connectivity index (χ1v) is 7.33. The summed E-state index contributed by atoms with van der Waals surface area (Å²) in [5, 5.41) is 13.7. The highest BCUT2D eigenvalue weighted by molar-refractivity contribution is 6.33. The topological polar surface area (TPSA) is 50.7 Å². The van der Waals surface area contributed by atoms with E-state index < -0.39 is 0 Å². The second-order valence-corrected chi connectivity index (χ2v) is 5.54.